The average Bonchev–Trinajstić information content (AvgIpc) is 2.95. The van der Waals surface area contributed by atoms with E-state index in [9.17, 15) is 0 Å². The van der Waals surface area contributed by atoms with Crippen LogP contribution in [0.4, 0.5) is 0 Å². The van der Waals surface area contributed by atoms with Gasteiger partial charge in [0.15, 0.2) is 0 Å². The van der Waals surface area contributed by atoms with Crippen molar-refractivity contribution in [3.05, 3.63) is 30.1 Å². The Balaban J connectivity index is 1.33. The number of fused-ring (bicyclic) bond motifs is 1. The zero-order valence-electron chi connectivity index (χ0n) is 12.6. The Kier molecular flexibility index (Phi) is 5.24. The van der Waals surface area contributed by atoms with E-state index in [1.807, 2.05) is 18.5 Å². The fourth-order valence-corrected chi connectivity index (χ4v) is 3.06. The first-order valence-corrected chi connectivity index (χ1v) is 8.17. The summed E-state index contributed by atoms with van der Waals surface area (Å²) in [5.74, 6) is 0. The number of nitrogens with one attached hydrogen (secondary N) is 2. The Morgan fingerprint density at radius 1 is 1.29 bits per heavy atom. The molecular formula is C17H25N3O. The van der Waals surface area contributed by atoms with Gasteiger partial charge in [-0.15, -0.1) is 0 Å². The molecule has 2 aromatic rings. The zero-order valence-corrected chi connectivity index (χ0v) is 12.6. The predicted octanol–water partition coefficient (Wildman–Crippen LogP) is 3.39. The number of hydrogen-bond donors (Lipinski definition) is 2. The van der Waals surface area contributed by atoms with Crippen LogP contribution < -0.4 is 5.32 Å². The lowest BCUT2D eigenvalue weighted by atomic mass is 9.98. The first-order chi connectivity index (χ1) is 10.4. The van der Waals surface area contributed by atoms with Gasteiger partial charge in [0.1, 0.15) is 5.65 Å². The van der Waals surface area contributed by atoms with Gasteiger partial charge in [-0.1, -0.05) is 19.3 Å². The Bertz CT molecular complexity index is 546. The summed E-state index contributed by atoms with van der Waals surface area (Å²) >= 11 is 0. The SMILES string of the molecule is c1cnc2[nH]cc(CNCCCOC3CCCCC3)c2c1. The third-order valence-corrected chi connectivity index (χ3v) is 4.26. The largest absolute Gasteiger partial charge is 0.378 e. The molecule has 1 aliphatic rings. The van der Waals surface area contributed by atoms with Crippen molar-refractivity contribution < 1.29 is 4.74 Å². The van der Waals surface area contributed by atoms with Crippen LogP contribution in [0.2, 0.25) is 0 Å². The lowest BCUT2D eigenvalue weighted by Crippen LogP contribution is -2.20. The van der Waals surface area contributed by atoms with Crippen molar-refractivity contribution in [3.63, 3.8) is 0 Å². The van der Waals surface area contributed by atoms with E-state index >= 15 is 0 Å². The van der Waals surface area contributed by atoms with Gasteiger partial charge >= 0.3 is 0 Å². The predicted molar refractivity (Wildman–Crippen MR) is 85.2 cm³/mol. The second-order valence-electron chi connectivity index (χ2n) is 5.87. The molecule has 0 aliphatic heterocycles. The maximum absolute atomic E-state index is 5.93. The minimum Gasteiger partial charge on any atom is -0.378 e. The van der Waals surface area contributed by atoms with Crippen molar-refractivity contribution in [2.75, 3.05) is 13.2 Å². The fraction of sp³-hybridized carbons (Fsp3) is 0.588. The second-order valence-corrected chi connectivity index (χ2v) is 5.87. The van der Waals surface area contributed by atoms with Gasteiger partial charge in [0, 0.05) is 30.9 Å². The minimum atomic E-state index is 0.526. The lowest BCUT2D eigenvalue weighted by Gasteiger charge is -2.21. The summed E-state index contributed by atoms with van der Waals surface area (Å²) in [6.07, 6.45) is 12.1. The van der Waals surface area contributed by atoms with Crippen LogP contribution in [0, 0.1) is 0 Å². The average molecular weight is 287 g/mol. The van der Waals surface area contributed by atoms with Crippen LogP contribution in [-0.4, -0.2) is 29.2 Å². The van der Waals surface area contributed by atoms with Gasteiger partial charge in [0.2, 0.25) is 0 Å². The van der Waals surface area contributed by atoms with E-state index in [4.69, 9.17) is 4.74 Å². The van der Waals surface area contributed by atoms with Crippen molar-refractivity contribution in [1.29, 1.82) is 0 Å². The highest BCUT2D eigenvalue weighted by molar-refractivity contribution is 5.79. The van der Waals surface area contributed by atoms with Gasteiger partial charge in [0.05, 0.1) is 6.10 Å². The Hall–Kier alpha value is -1.39. The number of rotatable bonds is 7. The van der Waals surface area contributed by atoms with Crippen LogP contribution in [0.3, 0.4) is 0 Å². The molecule has 1 aliphatic carbocycles. The van der Waals surface area contributed by atoms with E-state index in [0.29, 0.717) is 6.10 Å². The molecule has 0 bridgehead atoms. The molecule has 0 aromatic carbocycles. The molecule has 0 unspecified atom stereocenters. The monoisotopic (exact) mass is 287 g/mol. The van der Waals surface area contributed by atoms with E-state index in [2.05, 4.69) is 21.4 Å². The molecule has 2 heterocycles. The van der Waals surface area contributed by atoms with Gasteiger partial charge in [-0.05, 0) is 43.5 Å². The van der Waals surface area contributed by atoms with Crippen molar-refractivity contribution in [3.8, 4) is 0 Å². The Morgan fingerprint density at radius 3 is 3.10 bits per heavy atom. The van der Waals surface area contributed by atoms with Crippen molar-refractivity contribution in [1.82, 2.24) is 15.3 Å². The molecule has 2 N–H and O–H groups in total. The summed E-state index contributed by atoms with van der Waals surface area (Å²) in [6, 6.07) is 4.10. The molecule has 1 fully saturated rings. The third kappa shape index (κ3) is 4.05. The smallest absolute Gasteiger partial charge is 0.137 e. The normalized spacial score (nSPS) is 16.6. The number of ether oxygens (including phenoxy) is 1. The van der Waals surface area contributed by atoms with Crippen LogP contribution in [0.25, 0.3) is 11.0 Å². The van der Waals surface area contributed by atoms with Crippen molar-refractivity contribution >= 4 is 11.0 Å². The van der Waals surface area contributed by atoms with E-state index in [1.165, 1.54) is 43.1 Å². The zero-order chi connectivity index (χ0) is 14.3. The van der Waals surface area contributed by atoms with Gasteiger partial charge in [-0.25, -0.2) is 4.98 Å². The van der Waals surface area contributed by atoms with Gasteiger partial charge < -0.3 is 15.0 Å². The summed E-state index contributed by atoms with van der Waals surface area (Å²) in [7, 11) is 0. The Labute approximate surface area is 126 Å². The minimum absolute atomic E-state index is 0.526. The number of hydrogen-bond acceptors (Lipinski definition) is 3. The highest BCUT2D eigenvalue weighted by Crippen LogP contribution is 2.20. The van der Waals surface area contributed by atoms with Crippen LogP contribution in [0.5, 0.6) is 0 Å². The van der Waals surface area contributed by atoms with Gasteiger partial charge in [-0.3, -0.25) is 0 Å². The highest BCUT2D eigenvalue weighted by atomic mass is 16.5. The summed E-state index contributed by atoms with van der Waals surface area (Å²) in [5, 5.41) is 4.70. The Morgan fingerprint density at radius 2 is 2.19 bits per heavy atom. The van der Waals surface area contributed by atoms with Crippen LogP contribution in [0.15, 0.2) is 24.5 Å². The number of aromatic nitrogens is 2. The first kappa shape index (κ1) is 14.5. The van der Waals surface area contributed by atoms with Crippen LogP contribution in [0.1, 0.15) is 44.1 Å². The standard InChI is InChI=1S/C17H25N3O/c1-2-6-15(7-3-1)21-11-5-9-18-12-14-13-20-17-16(14)8-4-10-19-17/h4,8,10,13,15,18H,1-3,5-7,9,11-12H2,(H,19,20). The highest BCUT2D eigenvalue weighted by Gasteiger charge is 2.12. The fourth-order valence-electron chi connectivity index (χ4n) is 3.06. The molecule has 0 saturated heterocycles. The molecule has 3 rings (SSSR count). The second kappa shape index (κ2) is 7.57. The molecule has 114 valence electrons. The van der Waals surface area contributed by atoms with Crippen molar-refractivity contribution in [2.24, 2.45) is 0 Å². The summed E-state index contributed by atoms with van der Waals surface area (Å²) < 4.78 is 5.93. The molecule has 0 spiro atoms. The van der Waals surface area contributed by atoms with E-state index in [1.54, 1.807) is 0 Å². The molecule has 4 nitrogen and oxygen atoms in total. The van der Waals surface area contributed by atoms with Crippen molar-refractivity contribution in [2.45, 2.75) is 51.2 Å². The van der Waals surface area contributed by atoms with Crippen LogP contribution >= 0.6 is 0 Å². The quantitative estimate of drug-likeness (QED) is 0.767. The van der Waals surface area contributed by atoms with Crippen LogP contribution in [-0.2, 0) is 11.3 Å². The maximum atomic E-state index is 5.93. The molecule has 1 saturated carbocycles. The van der Waals surface area contributed by atoms with E-state index < -0.39 is 0 Å². The number of pyridine rings is 1. The lowest BCUT2D eigenvalue weighted by molar-refractivity contribution is 0.0273. The van der Waals surface area contributed by atoms with Gasteiger partial charge in [0.25, 0.3) is 0 Å². The maximum Gasteiger partial charge on any atom is 0.137 e. The molecule has 4 heteroatoms. The molecule has 0 amide bonds. The van der Waals surface area contributed by atoms with E-state index in [-0.39, 0.29) is 0 Å². The molecule has 0 radical (unpaired) electrons. The summed E-state index contributed by atoms with van der Waals surface area (Å²) in [6.45, 7) is 2.77. The number of aromatic amines is 1. The topological polar surface area (TPSA) is 49.9 Å². The molecular weight excluding hydrogens is 262 g/mol. The van der Waals surface area contributed by atoms with E-state index in [0.717, 1.165) is 31.8 Å². The van der Waals surface area contributed by atoms with Gasteiger partial charge in [-0.2, -0.15) is 0 Å². The summed E-state index contributed by atoms with van der Waals surface area (Å²) in [4.78, 5) is 7.52. The number of nitrogens with zero attached hydrogens (tertiary/aromatic N) is 1. The first-order valence-electron chi connectivity index (χ1n) is 8.17. The molecule has 2 aromatic heterocycles. The number of H-pyrrole nitrogens is 1. The third-order valence-electron chi connectivity index (χ3n) is 4.26. The molecule has 0 atom stereocenters. The summed E-state index contributed by atoms with van der Waals surface area (Å²) in [5.41, 5.74) is 2.25. The molecule has 21 heavy (non-hydrogen) atoms.